The van der Waals surface area contributed by atoms with Crippen molar-refractivity contribution in [3.63, 3.8) is 0 Å². The molecule has 0 bridgehead atoms. The lowest BCUT2D eigenvalue weighted by Gasteiger charge is -2.17. The predicted molar refractivity (Wildman–Crippen MR) is 73.6 cm³/mol. The van der Waals surface area contributed by atoms with Gasteiger partial charge < -0.3 is 0 Å². The van der Waals surface area contributed by atoms with E-state index >= 15 is 0 Å². The number of hydrogen-bond donors (Lipinski definition) is 0. The summed E-state index contributed by atoms with van der Waals surface area (Å²) in [5, 5.41) is 15.4. The van der Waals surface area contributed by atoms with Gasteiger partial charge in [-0.3, -0.25) is 0 Å². The predicted octanol–water partition coefficient (Wildman–Crippen LogP) is 2.45. The third kappa shape index (κ3) is 3.50. The zero-order valence-electron chi connectivity index (χ0n) is 11.6. The molecule has 0 aliphatic heterocycles. The van der Waals surface area contributed by atoms with E-state index in [1.165, 1.54) is 18.1 Å². The summed E-state index contributed by atoms with van der Waals surface area (Å²) in [6, 6.07) is 3.29. The van der Waals surface area contributed by atoms with E-state index in [9.17, 15) is 13.2 Å². The number of hydrazone groups is 1. The number of halogens is 4. The van der Waals surface area contributed by atoms with Crippen molar-refractivity contribution >= 4 is 23.3 Å². The topological polar surface area (TPSA) is 72.1 Å². The summed E-state index contributed by atoms with van der Waals surface area (Å²) in [6.07, 6.45) is -3.13. The highest BCUT2D eigenvalue weighted by Gasteiger charge is 2.37. The molecule has 0 N–H and O–H groups in total. The van der Waals surface area contributed by atoms with Gasteiger partial charge in [0.2, 0.25) is 0 Å². The molecule has 2 aromatic heterocycles. The molecule has 7 nitrogen and oxygen atoms in total. The van der Waals surface area contributed by atoms with Crippen LogP contribution in [0.2, 0.25) is 5.02 Å². The molecule has 118 valence electrons. The van der Waals surface area contributed by atoms with E-state index in [1.807, 2.05) is 0 Å². The van der Waals surface area contributed by atoms with Gasteiger partial charge in [0.15, 0.2) is 11.7 Å². The third-order valence-electron chi connectivity index (χ3n) is 2.51. The lowest BCUT2D eigenvalue weighted by atomic mass is 10.4. The zero-order valence-corrected chi connectivity index (χ0v) is 12.3. The van der Waals surface area contributed by atoms with Gasteiger partial charge in [0.1, 0.15) is 0 Å². The average molecular weight is 334 g/mol. The second kappa shape index (κ2) is 6.26. The molecule has 0 atom stereocenters. The van der Waals surface area contributed by atoms with Crippen molar-refractivity contribution in [3.8, 4) is 0 Å². The van der Waals surface area contributed by atoms with Crippen LogP contribution in [0.4, 0.5) is 19.0 Å². The first-order valence-electron chi connectivity index (χ1n) is 6.13. The van der Waals surface area contributed by atoms with Gasteiger partial charge >= 0.3 is 6.18 Å². The average Bonchev–Trinajstić information content (AvgIpc) is 2.95. The van der Waals surface area contributed by atoms with Crippen molar-refractivity contribution in [1.82, 2.24) is 25.2 Å². The van der Waals surface area contributed by atoms with Crippen molar-refractivity contribution in [2.24, 2.45) is 5.10 Å². The Morgan fingerprint density at radius 1 is 1.45 bits per heavy atom. The number of nitrogens with zero attached hydrogens (tertiary/aromatic N) is 7. The maximum absolute atomic E-state index is 12.5. The monoisotopic (exact) mass is 333 g/mol. The van der Waals surface area contributed by atoms with Gasteiger partial charge in [0.05, 0.1) is 5.02 Å². The van der Waals surface area contributed by atoms with Gasteiger partial charge in [-0.25, -0.2) is 9.99 Å². The summed E-state index contributed by atoms with van der Waals surface area (Å²) in [5.41, 5.74) is 0. The fraction of sp³-hybridized carbons (Fsp3) is 0.364. The van der Waals surface area contributed by atoms with Crippen LogP contribution in [0.1, 0.15) is 19.7 Å². The van der Waals surface area contributed by atoms with Crippen molar-refractivity contribution in [2.45, 2.75) is 20.0 Å². The van der Waals surface area contributed by atoms with Crippen molar-refractivity contribution in [3.05, 3.63) is 29.2 Å². The summed E-state index contributed by atoms with van der Waals surface area (Å²) in [4.78, 5) is 4.78. The van der Waals surface area contributed by atoms with E-state index in [0.29, 0.717) is 22.2 Å². The van der Waals surface area contributed by atoms with Crippen LogP contribution in [-0.2, 0) is 6.18 Å². The summed E-state index contributed by atoms with van der Waals surface area (Å²) in [6.45, 7) is 3.63. The number of rotatable bonds is 3. The molecule has 0 spiro atoms. The minimum absolute atomic E-state index is 0.0894. The number of pyridine rings is 1. The number of aromatic nitrogens is 5. The Morgan fingerprint density at radius 3 is 2.73 bits per heavy atom. The normalized spacial score (nSPS) is 12.5. The van der Waals surface area contributed by atoms with Crippen LogP contribution in [0.25, 0.3) is 0 Å². The van der Waals surface area contributed by atoms with Gasteiger partial charge in [-0.15, -0.1) is 15.0 Å². The van der Waals surface area contributed by atoms with Gasteiger partial charge in [0.25, 0.3) is 5.82 Å². The maximum Gasteiger partial charge on any atom is 0.455 e. The summed E-state index contributed by atoms with van der Waals surface area (Å²) in [7, 11) is 0. The van der Waals surface area contributed by atoms with Crippen LogP contribution in [0, 0.1) is 0 Å². The molecule has 0 amide bonds. The van der Waals surface area contributed by atoms with Crippen LogP contribution < -0.4 is 5.01 Å². The van der Waals surface area contributed by atoms with Gasteiger partial charge in [-0.2, -0.15) is 18.3 Å². The first kappa shape index (κ1) is 16.1. The Hall–Kier alpha value is -2.23. The summed E-state index contributed by atoms with van der Waals surface area (Å²) < 4.78 is 37.4. The fourth-order valence-electron chi connectivity index (χ4n) is 1.51. The van der Waals surface area contributed by atoms with Crippen molar-refractivity contribution in [2.75, 3.05) is 11.6 Å². The first-order chi connectivity index (χ1) is 10.3. The van der Waals surface area contributed by atoms with E-state index < -0.39 is 12.0 Å². The van der Waals surface area contributed by atoms with E-state index in [-0.39, 0.29) is 5.84 Å². The molecular weight excluding hydrogens is 323 g/mol. The molecule has 0 aliphatic rings. The maximum atomic E-state index is 12.5. The molecule has 2 rings (SSSR count). The van der Waals surface area contributed by atoms with E-state index in [2.05, 4.69) is 25.5 Å². The van der Waals surface area contributed by atoms with Gasteiger partial charge in [-0.1, -0.05) is 11.6 Å². The molecule has 0 aliphatic carbocycles. The number of alkyl halides is 3. The van der Waals surface area contributed by atoms with Crippen LogP contribution in [-0.4, -0.2) is 37.6 Å². The van der Waals surface area contributed by atoms with Gasteiger partial charge in [-0.05, 0) is 31.2 Å². The Kier molecular flexibility index (Phi) is 4.59. The second-order valence-electron chi connectivity index (χ2n) is 4.07. The highest BCUT2D eigenvalue weighted by Crippen LogP contribution is 2.25. The number of anilines is 1. The summed E-state index contributed by atoms with van der Waals surface area (Å²) in [5.74, 6) is -0.866. The molecule has 2 heterocycles. The zero-order chi connectivity index (χ0) is 16.3. The minimum Gasteiger partial charge on any atom is -0.245 e. The van der Waals surface area contributed by atoms with Crippen molar-refractivity contribution in [1.29, 1.82) is 0 Å². The molecule has 0 saturated heterocycles. The van der Waals surface area contributed by atoms with Crippen LogP contribution >= 0.6 is 11.6 Å². The van der Waals surface area contributed by atoms with Gasteiger partial charge in [0, 0.05) is 12.7 Å². The first-order valence-corrected chi connectivity index (χ1v) is 6.51. The molecule has 0 unspecified atom stereocenters. The minimum atomic E-state index is -4.66. The Labute approximate surface area is 128 Å². The Morgan fingerprint density at radius 2 is 2.18 bits per heavy atom. The fourth-order valence-corrected chi connectivity index (χ4v) is 1.73. The largest absolute Gasteiger partial charge is 0.455 e. The molecule has 0 saturated carbocycles. The molecule has 0 aromatic carbocycles. The summed E-state index contributed by atoms with van der Waals surface area (Å²) >= 11 is 6.02. The van der Waals surface area contributed by atoms with E-state index in [4.69, 9.17) is 11.6 Å². The lowest BCUT2D eigenvalue weighted by Crippen LogP contribution is -2.23. The second-order valence-corrected chi connectivity index (χ2v) is 4.48. The number of tetrazole rings is 1. The number of hydrogen-bond acceptors (Lipinski definition) is 6. The van der Waals surface area contributed by atoms with Crippen LogP contribution in [0.5, 0.6) is 0 Å². The third-order valence-corrected chi connectivity index (χ3v) is 2.80. The molecule has 2 aromatic rings. The SMILES string of the molecule is CCN(/N=C(\C)n1nnc(C(F)(F)F)n1)c1ncccc1Cl. The molecule has 11 heteroatoms. The smallest absolute Gasteiger partial charge is 0.245 e. The van der Waals surface area contributed by atoms with Crippen LogP contribution in [0.15, 0.2) is 23.4 Å². The molecule has 0 radical (unpaired) electrons. The highest BCUT2D eigenvalue weighted by atomic mass is 35.5. The Bertz CT molecular complexity index is 682. The van der Waals surface area contributed by atoms with E-state index in [0.717, 1.165) is 0 Å². The standard InChI is InChI=1S/C11H11ClF3N7/c1-3-21(9-8(12)5-4-6-16-9)18-7(2)22-19-10(17-20-22)11(13,14)15/h4-6H,3H2,1-2H3/b18-7+. The molecular formula is C11H11ClF3N7. The van der Waals surface area contributed by atoms with Crippen LogP contribution in [0.3, 0.4) is 0 Å². The van der Waals surface area contributed by atoms with E-state index in [1.54, 1.807) is 19.1 Å². The van der Waals surface area contributed by atoms with Crippen molar-refractivity contribution < 1.29 is 13.2 Å². The highest BCUT2D eigenvalue weighted by molar-refractivity contribution is 6.32. The molecule has 0 fully saturated rings. The lowest BCUT2D eigenvalue weighted by molar-refractivity contribution is -0.145. The Balaban J connectivity index is 2.30. The quantitative estimate of drug-likeness (QED) is 0.490. The molecule has 22 heavy (non-hydrogen) atoms.